The Morgan fingerprint density at radius 1 is 1.09 bits per heavy atom. The number of ether oxygens (including phenoxy) is 1. The van der Waals surface area contributed by atoms with E-state index >= 15 is 4.39 Å². The fourth-order valence-electron chi connectivity index (χ4n) is 5.18. The van der Waals surface area contributed by atoms with Crippen LogP contribution in [0, 0.1) is 5.82 Å². The molecule has 6 rings (SSSR count). The van der Waals surface area contributed by atoms with E-state index in [-0.39, 0.29) is 23.7 Å². The molecule has 0 radical (unpaired) electrons. The van der Waals surface area contributed by atoms with Crippen LogP contribution in [-0.2, 0) is 26.7 Å². The third-order valence-corrected chi connectivity index (χ3v) is 7.11. The highest BCUT2D eigenvalue weighted by Crippen LogP contribution is 2.52. The topological polar surface area (TPSA) is 77.3 Å². The Morgan fingerprint density at radius 3 is 2.57 bits per heavy atom. The van der Waals surface area contributed by atoms with Crippen molar-refractivity contribution >= 4 is 11.9 Å². The number of benzene rings is 1. The molecule has 3 aromatic rings. The number of nitrogens with zero attached hydrogens (tertiary/aromatic N) is 4. The van der Waals surface area contributed by atoms with Gasteiger partial charge < -0.3 is 9.64 Å². The number of hydrogen-bond donors (Lipinski definition) is 0. The zero-order valence-corrected chi connectivity index (χ0v) is 18.2. The quantitative estimate of drug-likeness (QED) is 0.416. The second-order valence-corrected chi connectivity index (χ2v) is 9.17. The third-order valence-electron chi connectivity index (χ3n) is 7.11. The summed E-state index contributed by atoms with van der Waals surface area (Å²) in [5.74, 6) is -1.41. The standard InChI is InChI=1S/C24H18F4N4O3/c25-18-11-14(32-9-4-19(30-32)24(26,27)28)1-2-17(18)22(5-6-22)21(34)31-10-7-23(13-31)16-3-8-29-12-15(16)20(33)35-23/h1-4,8-9,11-12H,5-7,10,13H2. The number of alkyl halides is 3. The van der Waals surface area contributed by atoms with Crippen molar-refractivity contribution < 1.29 is 31.9 Å². The van der Waals surface area contributed by atoms with Gasteiger partial charge in [-0.3, -0.25) is 9.78 Å². The van der Waals surface area contributed by atoms with Crippen LogP contribution < -0.4 is 0 Å². The highest BCUT2D eigenvalue weighted by molar-refractivity contribution is 5.95. The van der Waals surface area contributed by atoms with E-state index in [1.165, 1.54) is 18.3 Å². The number of carbonyl (C=O) groups is 2. The lowest BCUT2D eigenvalue weighted by Crippen LogP contribution is -2.40. The molecule has 1 saturated carbocycles. The van der Waals surface area contributed by atoms with Gasteiger partial charge in [-0.05, 0) is 37.1 Å². The van der Waals surface area contributed by atoms with Gasteiger partial charge in [0, 0.05) is 42.7 Å². The first-order chi connectivity index (χ1) is 16.6. The average Bonchev–Trinajstić information content (AvgIpc) is 3.18. The van der Waals surface area contributed by atoms with E-state index in [1.54, 1.807) is 17.2 Å². The molecule has 2 fully saturated rings. The zero-order valence-electron chi connectivity index (χ0n) is 18.2. The van der Waals surface area contributed by atoms with Crippen molar-refractivity contribution in [2.45, 2.75) is 36.5 Å². The molecule has 0 N–H and O–H groups in total. The van der Waals surface area contributed by atoms with Crippen LogP contribution in [0.4, 0.5) is 17.6 Å². The van der Waals surface area contributed by atoms with Gasteiger partial charge in [-0.15, -0.1) is 0 Å². The van der Waals surface area contributed by atoms with E-state index in [9.17, 15) is 22.8 Å². The van der Waals surface area contributed by atoms with Gasteiger partial charge >= 0.3 is 12.1 Å². The highest BCUT2D eigenvalue weighted by atomic mass is 19.4. The van der Waals surface area contributed by atoms with Crippen molar-refractivity contribution in [3.63, 3.8) is 0 Å². The first kappa shape index (κ1) is 21.8. The summed E-state index contributed by atoms with van der Waals surface area (Å²) >= 11 is 0. The Morgan fingerprint density at radius 2 is 1.89 bits per heavy atom. The summed E-state index contributed by atoms with van der Waals surface area (Å²) in [5, 5.41) is 3.47. The average molecular weight is 486 g/mol. The van der Waals surface area contributed by atoms with E-state index < -0.39 is 34.7 Å². The number of amides is 1. The van der Waals surface area contributed by atoms with Gasteiger partial charge in [0.1, 0.15) is 5.82 Å². The minimum absolute atomic E-state index is 0.119. The van der Waals surface area contributed by atoms with E-state index in [0.29, 0.717) is 36.9 Å². The summed E-state index contributed by atoms with van der Waals surface area (Å²) in [5.41, 5.74) is -1.65. The number of rotatable bonds is 3. The van der Waals surface area contributed by atoms with Crippen molar-refractivity contribution in [2.24, 2.45) is 0 Å². The summed E-state index contributed by atoms with van der Waals surface area (Å²) in [7, 11) is 0. The monoisotopic (exact) mass is 486 g/mol. The van der Waals surface area contributed by atoms with Gasteiger partial charge in [0.15, 0.2) is 11.3 Å². The minimum Gasteiger partial charge on any atom is -0.449 e. The molecule has 1 atom stereocenters. The van der Waals surface area contributed by atoms with Gasteiger partial charge in [-0.25, -0.2) is 13.9 Å². The van der Waals surface area contributed by atoms with Crippen LogP contribution in [0.3, 0.4) is 0 Å². The number of hydrogen-bond acceptors (Lipinski definition) is 5. The smallest absolute Gasteiger partial charge is 0.435 e. The Kier molecular flexibility index (Phi) is 4.43. The molecule has 2 aromatic heterocycles. The maximum Gasteiger partial charge on any atom is 0.435 e. The second-order valence-electron chi connectivity index (χ2n) is 9.17. The number of esters is 1. The molecule has 1 amide bonds. The van der Waals surface area contributed by atoms with Crippen molar-refractivity contribution in [1.82, 2.24) is 19.7 Å². The van der Waals surface area contributed by atoms with E-state index in [4.69, 9.17) is 4.74 Å². The van der Waals surface area contributed by atoms with Gasteiger partial charge in [-0.2, -0.15) is 18.3 Å². The fraction of sp³-hybridized carbons (Fsp3) is 0.333. The summed E-state index contributed by atoms with van der Waals surface area (Å²) in [4.78, 5) is 31.4. The molecule has 180 valence electrons. The predicted octanol–water partition coefficient (Wildman–Crippen LogP) is 3.76. The van der Waals surface area contributed by atoms with Crippen molar-refractivity contribution in [1.29, 1.82) is 0 Å². The Bertz CT molecular complexity index is 1380. The first-order valence-corrected chi connectivity index (χ1v) is 11.0. The highest BCUT2D eigenvalue weighted by Gasteiger charge is 2.58. The molecule has 1 aliphatic carbocycles. The molecule has 35 heavy (non-hydrogen) atoms. The van der Waals surface area contributed by atoms with Gasteiger partial charge in [0.25, 0.3) is 0 Å². The predicted molar refractivity (Wildman–Crippen MR) is 112 cm³/mol. The van der Waals surface area contributed by atoms with Crippen molar-refractivity contribution in [3.05, 3.63) is 77.1 Å². The molecular weight excluding hydrogens is 468 g/mol. The Balaban J connectivity index is 1.25. The maximum atomic E-state index is 15.2. The summed E-state index contributed by atoms with van der Waals surface area (Å²) in [6.45, 7) is 0.520. The molecule has 7 nitrogen and oxygen atoms in total. The van der Waals surface area contributed by atoms with E-state index in [0.717, 1.165) is 23.0 Å². The normalized spacial score (nSPS) is 22.4. The van der Waals surface area contributed by atoms with Crippen LogP contribution in [0.2, 0.25) is 0 Å². The number of likely N-dealkylation sites (tertiary alicyclic amines) is 1. The Labute approximate surface area is 196 Å². The number of halogens is 4. The maximum absolute atomic E-state index is 15.2. The SMILES string of the molecule is O=C1OC2(CCN(C(=O)C3(c4ccc(-n5ccc(C(F)(F)F)n5)cc4F)CC3)C2)c2ccncc21. The van der Waals surface area contributed by atoms with Crippen LogP contribution in [0.15, 0.2) is 48.9 Å². The molecule has 4 heterocycles. The second kappa shape index (κ2) is 7.12. The number of aromatic nitrogens is 3. The van der Waals surface area contributed by atoms with Crippen LogP contribution >= 0.6 is 0 Å². The summed E-state index contributed by atoms with van der Waals surface area (Å²) < 4.78 is 60.4. The van der Waals surface area contributed by atoms with Crippen molar-refractivity contribution in [2.75, 3.05) is 13.1 Å². The molecule has 1 unspecified atom stereocenters. The molecule has 1 spiro atoms. The molecular formula is C24H18F4N4O3. The van der Waals surface area contributed by atoms with Crippen LogP contribution in [0.1, 0.15) is 46.4 Å². The molecule has 1 saturated heterocycles. The number of pyridine rings is 1. The lowest BCUT2D eigenvalue weighted by Gasteiger charge is -2.27. The minimum atomic E-state index is -4.61. The van der Waals surface area contributed by atoms with Gasteiger partial charge in [0.05, 0.1) is 23.2 Å². The van der Waals surface area contributed by atoms with Gasteiger partial charge in [0.2, 0.25) is 5.91 Å². The van der Waals surface area contributed by atoms with Crippen LogP contribution in [0.5, 0.6) is 0 Å². The summed E-state index contributed by atoms with van der Waals surface area (Å²) in [6.07, 6.45) is 0.857. The molecule has 11 heteroatoms. The third kappa shape index (κ3) is 3.24. The number of carbonyl (C=O) groups excluding carboxylic acids is 2. The Hall–Kier alpha value is -3.76. The first-order valence-electron chi connectivity index (χ1n) is 11.0. The zero-order chi connectivity index (χ0) is 24.6. The lowest BCUT2D eigenvalue weighted by atomic mass is 9.92. The molecule has 3 aliphatic rings. The number of fused-ring (bicyclic) bond motifs is 2. The van der Waals surface area contributed by atoms with Gasteiger partial charge in [-0.1, -0.05) is 6.07 Å². The molecule has 0 bridgehead atoms. The van der Waals surface area contributed by atoms with Crippen LogP contribution in [-0.4, -0.2) is 44.6 Å². The van der Waals surface area contributed by atoms with Crippen molar-refractivity contribution in [3.8, 4) is 5.69 Å². The van der Waals surface area contributed by atoms with E-state index in [1.807, 2.05) is 0 Å². The van der Waals surface area contributed by atoms with Crippen LogP contribution in [0.25, 0.3) is 5.69 Å². The lowest BCUT2D eigenvalue weighted by molar-refractivity contribution is -0.141. The summed E-state index contributed by atoms with van der Waals surface area (Å²) in [6, 6.07) is 6.51. The molecule has 1 aromatic carbocycles. The molecule has 2 aliphatic heterocycles. The fourth-order valence-corrected chi connectivity index (χ4v) is 5.18. The van der Waals surface area contributed by atoms with E-state index in [2.05, 4.69) is 10.1 Å². The largest absolute Gasteiger partial charge is 0.449 e.